The summed E-state index contributed by atoms with van der Waals surface area (Å²) >= 11 is 1.14. The number of nitrogens with two attached hydrogens (primary N) is 1. The molecule has 0 saturated heterocycles. The fourth-order valence-corrected chi connectivity index (χ4v) is 2.78. The molecule has 0 aromatic heterocycles. The van der Waals surface area contributed by atoms with Gasteiger partial charge in [-0.05, 0) is 12.1 Å². The molecule has 0 fully saturated rings. The van der Waals surface area contributed by atoms with Crippen molar-refractivity contribution >= 4 is 21.8 Å². The summed E-state index contributed by atoms with van der Waals surface area (Å²) in [7, 11) is -3.71. The molecular weight excluding hydrogens is 225 g/mol. The van der Waals surface area contributed by atoms with Gasteiger partial charge in [0.25, 0.3) is 0 Å². The van der Waals surface area contributed by atoms with Gasteiger partial charge >= 0.3 is 0 Å². The highest BCUT2D eigenvalue weighted by atomic mass is 32.2. The molecule has 0 aliphatic carbocycles. The summed E-state index contributed by atoms with van der Waals surface area (Å²) in [5.74, 6) is 0.229. The van der Waals surface area contributed by atoms with Crippen molar-refractivity contribution in [3.8, 4) is 0 Å². The first-order valence-corrected chi connectivity index (χ1v) is 6.39. The Kier molecular flexibility index (Phi) is 3.91. The van der Waals surface area contributed by atoms with Crippen LogP contribution in [-0.4, -0.2) is 20.8 Å². The van der Waals surface area contributed by atoms with Gasteiger partial charge in [-0.1, -0.05) is 12.1 Å². The molecule has 78 valence electrons. The van der Waals surface area contributed by atoms with Crippen LogP contribution in [0.15, 0.2) is 34.1 Å². The van der Waals surface area contributed by atoms with Gasteiger partial charge in [0.1, 0.15) is 0 Å². The molecule has 0 unspecified atom stereocenters. The van der Waals surface area contributed by atoms with Crippen molar-refractivity contribution in [1.82, 2.24) is 0 Å². The first-order valence-electron chi connectivity index (χ1n) is 3.86. The number of benzene rings is 1. The molecule has 0 bridgehead atoms. The second kappa shape index (κ2) is 4.77. The van der Waals surface area contributed by atoms with Crippen molar-refractivity contribution in [3.05, 3.63) is 24.3 Å². The van der Waals surface area contributed by atoms with E-state index in [4.69, 9.17) is 5.14 Å². The Labute approximate surface area is 86.6 Å². The third-order valence-electron chi connectivity index (χ3n) is 1.49. The van der Waals surface area contributed by atoms with Gasteiger partial charge in [-0.3, -0.25) is 4.39 Å². The lowest BCUT2D eigenvalue weighted by Gasteiger charge is -2.04. The van der Waals surface area contributed by atoms with Crippen molar-refractivity contribution in [2.24, 2.45) is 5.14 Å². The summed E-state index contributed by atoms with van der Waals surface area (Å²) in [5, 5.41) is 4.99. The Morgan fingerprint density at radius 1 is 1.36 bits per heavy atom. The monoisotopic (exact) mass is 235 g/mol. The zero-order valence-electron chi connectivity index (χ0n) is 7.31. The minimum absolute atomic E-state index is 0.0541. The molecule has 1 rings (SSSR count). The van der Waals surface area contributed by atoms with Crippen LogP contribution in [0, 0.1) is 0 Å². The lowest BCUT2D eigenvalue weighted by atomic mass is 10.4. The summed E-state index contributed by atoms with van der Waals surface area (Å²) in [6.45, 7) is -0.496. The van der Waals surface area contributed by atoms with Crippen LogP contribution in [0.2, 0.25) is 0 Å². The highest BCUT2D eigenvalue weighted by molar-refractivity contribution is 8.00. The summed E-state index contributed by atoms with van der Waals surface area (Å²) < 4.78 is 34.1. The van der Waals surface area contributed by atoms with E-state index in [1.54, 1.807) is 18.2 Å². The number of hydrogen-bond donors (Lipinski definition) is 1. The Morgan fingerprint density at radius 2 is 2.00 bits per heavy atom. The maximum atomic E-state index is 11.9. The SMILES string of the molecule is NS(=O)(=O)c1ccccc1SCCF. The molecule has 2 N–H and O–H groups in total. The molecule has 0 heterocycles. The molecule has 0 atom stereocenters. The van der Waals surface area contributed by atoms with Gasteiger partial charge in [0.15, 0.2) is 0 Å². The maximum absolute atomic E-state index is 11.9. The molecular formula is C8H10FNO2S2. The molecule has 1 aromatic rings. The van der Waals surface area contributed by atoms with E-state index < -0.39 is 16.7 Å². The third kappa shape index (κ3) is 2.97. The molecule has 0 aliphatic rings. The van der Waals surface area contributed by atoms with Crippen LogP contribution in [0.3, 0.4) is 0 Å². The van der Waals surface area contributed by atoms with Crippen LogP contribution in [0.4, 0.5) is 4.39 Å². The zero-order valence-corrected chi connectivity index (χ0v) is 8.94. The number of hydrogen-bond acceptors (Lipinski definition) is 3. The van der Waals surface area contributed by atoms with Crippen LogP contribution in [0.25, 0.3) is 0 Å². The Balaban J connectivity index is 3.04. The Morgan fingerprint density at radius 3 is 2.57 bits per heavy atom. The van der Waals surface area contributed by atoms with Gasteiger partial charge < -0.3 is 0 Å². The van der Waals surface area contributed by atoms with Crippen LogP contribution >= 0.6 is 11.8 Å². The number of sulfonamides is 1. The van der Waals surface area contributed by atoms with E-state index in [2.05, 4.69) is 0 Å². The number of alkyl halides is 1. The van der Waals surface area contributed by atoms with E-state index in [0.29, 0.717) is 4.90 Å². The molecule has 0 aliphatic heterocycles. The molecule has 3 nitrogen and oxygen atoms in total. The Bertz CT molecular complexity index is 406. The molecule has 0 amide bonds. The van der Waals surface area contributed by atoms with Crippen molar-refractivity contribution in [1.29, 1.82) is 0 Å². The summed E-state index contributed by atoms with van der Waals surface area (Å²) in [4.78, 5) is 0.547. The largest absolute Gasteiger partial charge is 0.250 e. The molecule has 1 aromatic carbocycles. The molecule has 14 heavy (non-hydrogen) atoms. The topological polar surface area (TPSA) is 60.2 Å². The highest BCUT2D eigenvalue weighted by Crippen LogP contribution is 2.25. The van der Waals surface area contributed by atoms with E-state index in [1.807, 2.05) is 0 Å². The number of rotatable bonds is 4. The smallest absolute Gasteiger partial charge is 0.239 e. The maximum Gasteiger partial charge on any atom is 0.239 e. The predicted octanol–water partition coefficient (Wildman–Crippen LogP) is 1.40. The van der Waals surface area contributed by atoms with Crippen LogP contribution in [0.1, 0.15) is 0 Å². The van der Waals surface area contributed by atoms with Gasteiger partial charge in [-0.2, -0.15) is 0 Å². The lowest BCUT2D eigenvalue weighted by molar-refractivity contribution is 0.532. The van der Waals surface area contributed by atoms with E-state index in [0.717, 1.165) is 11.8 Å². The second-order valence-electron chi connectivity index (χ2n) is 2.53. The second-order valence-corrected chi connectivity index (χ2v) is 5.20. The quantitative estimate of drug-likeness (QED) is 0.802. The van der Waals surface area contributed by atoms with Crippen LogP contribution in [0.5, 0.6) is 0 Å². The summed E-state index contributed by atoms with van der Waals surface area (Å²) in [5.41, 5.74) is 0. The average Bonchev–Trinajstić information content (AvgIpc) is 2.14. The molecule has 0 saturated carbocycles. The fraction of sp³-hybridized carbons (Fsp3) is 0.250. The normalized spacial score (nSPS) is 11.6. The first-order chi connectivity index (χ1) is 6.55. The standard InChI is InChI=1S/C8H10FNO2S2/c9-5-6-13-7-3-1-2-4-8(7)14(10,11)12/h1-4H,5-6H2,(H2,10,11,12). The Hall–Kier alpha value is -0.590. The average molecular weight is 235 g/mol. The molecule has 0 radical (unpaired) electrons. The van der Waals surface area contributed by atoms with Crippen molar-refractivity contribution in [3.63, 3.8) is 0 Å². The molecule has 0 spiro atoms. The number of primary sulfonamides is 1. The van der Waals surface area contributed by atoms with E-state index in [-0.39, 0.29) is 10.6 Å². The minimum atomic E-state index is -3.71. The van der Waals surface area contributed by atoms with Gasteiger partial charge in [0.05, 0.1) is 11.6 Å². The minimum Gasteiger partial charge on any atom is -0.250 e. The zero-order chi connectivity index (χ0) is 10.6. The van der Waals surface area contributed by atoms with E-state index in [9.17, 15) is 12.8 Å². The number of halogens is 1. The van der Waals surface area contributed by atoms with Crippen molar-refractivity contribution in [2.75, 3.05) is 12.4 Å². The van der Waals surface area contributed by atoms with Crippen LogP contribution in [-0.2, 0) is 10.0 Å². The predicted molar refractivity (Wildman–Crippen MR) is 54.5 cm³/mol. The fourth-order valence-electron chi connectivity index (χ4n) is 0.953. The summed E-state index contributed by atoms with van der Waals surface area (Å²) in [6.07, 6.45) is 0. The van der Waals surface area contributed by atoms with E-state index in [1.165, 1.54) is 6.07 Å². The van der Waals surface area contributed by atoms with Crippen molar-refractivity contribution < 1.29 is 12.8 Å². The van der Waals surface area contributed by atoms with E-state index >= 15 is 0 Å². The van der Waals surface area contributed by atoms with Crippen LogP contribution < -0.4 is 5.14 Å². The van der Waals surface area contributed by atoms with Gasteiger partial charge in [0.2, 0.25) is 10.0 Å². The first kappa shape index (κ1) is 11.5. The summed E-state index contributed by atoms with van der Waals surface area (Å²) in [6, 6.07) is 6.30. The number of thioether (sulfide) groups is 1. The lowest BCUT2D eigenvalue weighted by Crippen LogP contribution is -2.13. The highest BCUT2D eigenvalue weighted by Gasteiger charge is 2.12. The molecule has 6 heteroatoms. The van der Waals surface area contributed by atoms with Gasteiger partial charge in [0, 0.05) is 10.6 Å². The van der Waals surface area contributed by atoms with Gasteiger partial charge in [-0.15, -0.1) is 11.8 Å². The van der Waals surface area contributed by atoms with Gasteiger partial charge in [-0.25, -0.2) is 13.6 Å². The third-order valence-corrected chi connectivity index (χ3v) is 3.61. The van der Waals surface area contributed by atoms with Crippen molar-refractivity contribution in [2.45, 2.75) is 9.79 Å².